The molecule has 24 heavy (non-hydrogen) atoms. The van der Waals surface area contributed by atoms with Gasteiger partial charge in [0.25, 0.3) is 5.92 Å². The van der Waals surface area contributed by atoms with Gasteiger partial charge in [0.15, 0.2) is 0 Å². The molecule has 5 nitrogen and oxygen atoms in total. The lowest BCUT2D eigenvalue weighted by Crippen LogP contribution is -2.41. The zero-order chi connectivity index (χ0) is 17.3. The van der Waals surface area contributed by atoms with E-state index in [4.69, 9.17) is 0 Å². The highest BCUT2D eigenvalue weighted by Crippen LogP contribution is 2.26. The monoisotopic (exact) mass is 337 g/mol. The Labute approximate surface area is 139 Å². The van der Waals surface area contributed by atoms with Crippen molar-refractivity contribution in [3.05, 3.63) is 29.8 Å². The summed E-state index contributed by atoms with van der Waals surface area (Å²) in [5.41, 5.74) is 1.71. The molecule has 0 radical (unpaired) electrons. The second kappa shape index (κ2) is 6.47. The molecule has 2 atom stereocenters. The number of hydrogen-bond acceptors (Lipinski definition) is 3. The molecule has 0 saturated carbocycles. The van der Waals surface area contributed by atoms with E-state index in [0.717, 1.165) is 24.2 Å². The summed E-state index contributed by atoms with van der Waals surface area (Å²) in [5, 5.41) is 5.31. The summed E-state index contributed by atoms with van der Waals surface area (Å²) in [6.07, 6.45) is 0.973. The third kappa shape index (κ3) is 3.56. The number of alkyl halides is 2. The van der Waals surface area contributed by atoms with Crippen LogP contribution in [0.2, 0.25) is 0 Å². The third-order valence-corrected chi connectivity index (χ3v) is 4.56. The van der Waals surface area contributed by atoms with E-state index in [9.17, 15) is 18.4 Å². The highest BCUT2D eigenvalue weighted by atomic mass is 19.3. The summed E-state index contributed by atoms with van der Waals surface area (Å²) in [6, 6.07) is 6.25. The first-order chi connectivity index (χ1) is 11.4. The van der Waals surface area contributed by atoms with Crippen molar-refractivity contribution in [3.63, 3.8) is 0 Å². The zero-order valence-electron chi connectivity index (χ0n) is 13.5. The van der Waals surface area contributed by atoms with E-state index in [1.807, 2.05) is 24.3 Å². The van der Waals surface area contributed by atoms with Gasteiger partial charge < -0.3 is 10.2 Å². The Kier molecular flexibility index (Phi) is 4.54. The lowest BCUT2D eigenvalue weighted by atomic mass is 10.1. The quantitative estimate of drug-likeness (QED) is 0.883. The number of rotatable bonds is 4. The van der Waals surface area contributed by atoms with E-state index >= 15 is 0 Å². The number of anilines is 1. The number of amides is 2. The minimum Gasteiger partial charge on any atom is -0.348 e. The van der Waals surface area contributed by atoms with Gasteiger partial charge in [-0.15, -0.1) is 0 Å². The highest BCUT2D eigenvalue weighted by molar-refractivity contribution is 5.95. The molecule has 2 fully saturated rings. The van der Waals surface area contributed by atoms with Gasteiger partial charge in [-0.3, -0.25) is 14.9 Å². The number of benzene rings is 1. The summed E-state index contributed by atoms with van der Waals surface area (Å²) in [6.45, 7) is 2.07. The molecule has 2 aliphatic rings. The molecule has 0 spiro atoms. The molecule has 1 aromatic carbocycles. The maximum absolute atomic E-state index is 13.2. The number of nitrogens with zero attached hydrogens (tertiary/aromatic N) is 1. The van der Waals surface area contributed by atoms with Crippen molar-refractivity contribution in [2.45, 2.75) is 44.2 Å². The van der Waals surface area contributed by atoms with Crippen LogP contribution >= 0.6 is 0 Å². The normalized spacial score (nSPS) is 24.2. The van der Waals surface area contributed by atoms with Crippen LogP contribution in [0, 0.1) is 0 Å². The van der Waals surface area contributed by atoms with Gasteiger partial charge in [0, 0.05) is 25.1 Å². The molecule has 2 amide bonds. The molecule has 2 aliphatic heterocycles. The molecule has 2 unspecified atom stereocenters. The molecule has 2 heterocycles. The summed E-state index contributed by atoms with van der Waals surface area (Å²) in [5.74, 6) is -3.12. The molecule has 0 bridgehead atoms. The van der Waals surface area contributed by atoms with Gasteiger partial charge in [0.2, 0.25) is 11.8 Å². The Morgan fingerprint density at radius 2 is 2.08 bits per heavy atom. The van der Waals surface area contributed by atoms with Crippen LogP contribution in [0.15, 0.2) is 24.3 Å². The fourth-order valence-corrected chi connectivity index (χ4v) is 3.16. The van der Waals surface area contributed by atoms with Crippen LogP contribution in [0.1, 0.15) is 37.8 Å². The SMILES string of the molecule is CC(NC(=O)C1CC(F)(F)CN1)c1ccc(N2CCCC2=O)cc1. The Hall–Kier alpha value is -2.02. The van der Waals surface area contributed by atoms with E-state index in [0.29, 0.717) is 6.42 Å². The predicted octanol–water partition coefficient (Wildman–Crippen LogP) is 1.99. The van der Waals surface area contributed by atoms with E-state index < -0.39 is 30.8 Å². The maximum Gasteiger partial charge on any atom is 0.262 e. The fourth-order valence-electron chi connectivity index (χ4n) is 3.16. The Balaban J connectivity index is 1.60. The Morgan fingerprint density at radius 3 is 2.62 bits per heavy atom. The van der Waals surface area contributed by atoms with Crippen LogP contribution in [0.5, 0.6) is 0 Å². The average Bonchev–Trinajstić information content (AvgIpc) is 3.12. The first kappa shape index (κ1) is 16.8. The van der Waals surface area contributed by atoms with Gasteiger partial charge >= 0.3 is 0 Å². The number of carbonyl (C=O) groups is 2. The molecular weight excluding hydrogens is 316 g/mol. The molecule has 130 valence electrons. The molecule has 0 aliphatic carbocycles. The Morgan fingerprint density at radius 1 is 1.38 bits per heavy atom. The van der Waals surface area contributed by atoms with E-state index in [1.165, 1.54) is 0 Å². The van der Waals surface area contributed by atoms with Crippen LogP contribution in [0.4, 0.5) is 14.5 Å². The first-order valence-corrected chi connectivity index (χ1v) is 8.18. The van der Waals surface area contributed by atoms with Gasteiger partial charge in [0.1, 0.15) is 0 Å². The van der Waals surface area contributed by atoms with Gasteiger partial charge in [-0.05, 0) is 31.0 Å². The fraction of sp³-hybridized carbons (Fsp3) is 0.529. The zero-order valence-corrected chi connectivity index (χ0v) is 13.5. The highest BCUT2D eigenvalue weighted by Gasteiger charge is 2.42. The lowest BCUT2D eigenvalue weighted by molar-refractivity contribution is -0.124. The van der Waals surface area contributed by atoms with Crippen LogP contribution in [-0.4, -0.2) is 36.9 Å². The standard InChI is InChI=1S/C17H21F2N3O2/c1-11(21-16(24)14-9-17(18,19)10-20-14)12-4-6-13(7-5-12)22-8-2-3-15(22)23/h4-7,11,14,20H,2-3,8-10H2,1H3,(H,21,24). The van der Waals surface area contributed by atoms with Crippen molar-refractivity contribution >= 4 is 17.5 Å². The van der Waals surface area contributed by atoms with E-state index in [2.05, 4.69) is 10.6 Å². The van der Waals surface area contributed by atoms with E-state index in [1.54, 1.807) is 11.8 Å². The maximum atomic E-state index is 13.2. The summed E-state index contributed by atoms with van der Waals surface area (Å²) >= 11 is 0. The third-order valence-electron chi connectivity index (χ3n) is 4.56. The average molecular weight is 337 g/mol. The minimum atomic E-state index is -2.82. The molecular formula is C17H21F2N3O2. The van der Waals surface area contributed by atoms with Crippen molar-refractivity contribution in [3.8, 4) is 0 Å². The second-order valence-electron chi connectivity index (χ2n) is 6.46. The van der Waals surface area contributed by atoms with Crippen molar-refractivity contribution in [1.82, 2.24) is 10.6 Å². The predicted molar refractivity (Wildman–Crippen MR) is 85.9 cm³/mol. The second-order valence-corrected chi connectivity index (χ2v) is 6.46. The first-order valence-electron chi connectivity index (χ1n) is 8.18. The van der Waals surface area contributed by atoms with Gasteiger partial charge in [-0.25, -0.2) is 8.78 Å². The van der Waals surface area contributed by atoms with Crippen molar-refractivity contribution in [2.24, 2.45) is 0 Å². The van der Waals surface area contributed by atoms with Gasteiger partial charge in [0.05, 0.1) is 18.6 Å². The summed E-state index contributed by atoms with van der Waals surface area (Å²) in [7, 11) is 0. The molecule has 0 aromatic heterocycles. The smallest absolute Gasteiger partial charge is 0.262 e. The number of halogens is 2. The minimum absolute atomic E-state index is 0.123. The van der Waals surface area contributed by atoms with Gasteiger partial charge in [-0.2, -0.15) is 0 Å². The van der Waals surface area contributed by atoms with Crippen molar-refractivity contribution < 1.29 is 18.4 Å². The summed E-state index contributed by atoms with van der Waals surface area (Å²) in [4.78, 5) is 25.6. The molecule has 2 saturated heterocycles. The molecule has 7 heteroatoms. The van der Waals surface area contributed by atoms with E-state index in [-0.39, 0.29) is 11.9 Å². The van der Waals surface area contributed by atoms with Gasteiger partial charge in [-0.1, -0.05) is 12.1 Å². The lowest BCUT2D eigenvalue weighted by Gasteiger charge is -2.20. The Bertz CT molecular complexity index is 633. The van der Waals surface area contributed by atoms with Crippen molar-refractivity contribution in [1.29, 1.82) is 0 Å². The molecule has 2 N–H and O–H groups in total. The van der Waals surface area contributed by atoms with Crippen LogP contribution in [-0.2, 0) is 9.59 Å². The number of hydrogen-bond donors (Lipinski definition) is 2. The van der Waals surface area contributed by atoms with Crippen LogP contribution in [0.25, 0.3) is 0 Å². The molecule has 1 aromatic rings. The molecule has 3 rings (SSSR count). The largest absolute Gasteiger partial charge is 0.348 e. The van der Waals surface area contributed by atoms with Crippen molar-refractivity contribution in [2.75, 3.05) is 18.0 Å². The summed E-state index contributed by atoms with van der Waals surface area (Å²) < 4.78 is 26.3. The van der Waals surface area contributed by atoms with Crippen LogP contribution in [0.3, 0.4) is 0 Å². The number of carbonyl (C=O) groups excluding carboxylic acids is 2. The number of nitrogens with one attached hydrogen (secondary N) is 2. The van der Waals surface area contributed by atoms with Crippen LogP contribution < -0.4 is 15.5 Å². The topological polar surface area (TPSA) is 61.4 Å².